The molecule has 588 valence electrons. The molecule has 1 unspecified atom stereocenters. The van der Waals surface area contributed by atoms with E-state index in [9.17, 15) is 15.3 Å². The van der Waals surface area contributed by atoms with Crippen LogP contribution in [-0.4, -0.2) is 149 Å². The van der Waals surface area contributed by atoms with Crippen LogP contribution in [0, 0.1) is 0 Å². The molecule has 0 bridgehead atoms. The topological polar surface area (TPSA) is 199 Å². The number of aromatic nitrogens is 9. The Bertz CT molecular complexity index is 3710. The van der Waals surface area contributed by atoms with Gasteiger partial charge in [0.05, 0.1) is 18.3 Å². The molecule has 0 radical (unpaired) electrons. The highest BCUT2D eigenvalue weighted by Gasteiger charge is 2.29. The van der Waals surface area contributed by atoms with Crippen LogP contribution < -0.4 is 16.0 Å². The summed E-state index contributed by atoms with van der Waals surface area (Å²) in [5.41, 5.74) is 14.4. The number of aliphatic hydroxyl groups excluding tert-OH is 3. The van der Waals surface area contributed by atoms with E-state index >= 15 is 0 Å². The Morgan fingerprint density at radius 1 is 0.352 bits per heavy atom. The van der Waals surface area contributed by atoms with Gasteiger partial charge in [0.25, 0.3) is 0 Å². The van der Waals surface area contributed by atoms with Gasteiger partial charge in [-0.15, -0.1) is 0 Å². The van der Waals surface area contributed by atoms with Crippen LogP contribution in [0.4, 0.5) is 17.8 Å². The molecule has 0 amide bonds. The maximum Gasteiger partial charge on any atom is 0.224 e. The lowest BCUT2D eigenvalue weighted by atomic mass is 9.93. The highest BCUT2D eigenvalue weighted by atomic mass is 16.3. The van der Waals surface area contributed by atoms with E-state index in [2.05, 4.69) is 177 Å². The molecule has 18 heteroatoms. The average molecular weight is 1480 g/mol. The van der Waals surface area contributed by atoms with Gasteiger partial charge in [-0.05, 0) is 228 Å². The first kappa shape index (κ1) is 83.2. The number of nitrogens with zero attached hydrogens (tertiary/aromatic N) is 12. The largest absolute Gasteiger partial charge is 0.393 e. The van der Waals surface area contributed by atoms with Gasteiger partial charge in [-0.25, -0.2) is 15.0 Å². The lowest BCUT2D eigenvalue weighted by molar-refractivity contribution is 0.111. The summed E-state index contributed by atoms with van der Waals surface area (Å²) in [7, 11) is 0. The lowest BCUT2D eigenvalue weighted by Gasteiger charge is -2.27. The van der Waals surface area contributed by atoms with Crippen molar-refractivity contribution in [2.24, 2.45) is 0 Å². The highest BCUT2D eigenvalue weighted by Crippen LogP contribution is 2.41. The molecule has 9 aromatic rings. The van der Waals surface area contributed by atoms with Crippen LogP contribution >= 0.6 is 0 Å². The summed E-state index contributed by atoms with van der Waals surface area (Å²) in [6.45, 7) is 23.6. The van der Waals surface area contributed by atoms with E-state index in [1.165, 1.54) is 147 Å². The van der Waals surface area contributed by atoms with Crippen molar-refractivity contribution in [3.63, 3.8) is 0 Å². The molecule has 6 fully saturated rings. The predicted octanol–water partition coefficient (Wildman–Crippen LogP) is 20.4. The minimum atomic E-state index is -0.165. The number of rotatable bonds is 24. The van der Waals surface area contributed by atoms with E-state index in [0.29, 0.717) is 54.1 Å². The second-order valence-electron chi connectivity index (χ2n) is 32.1. The molecule has 15 rings (SSSR count). The van der Waals surface area contributed by atoms with Crippen LogP contribution in [0.15, 0.2) is 110 Å². The summed E-state index contributed by atoms with van der Waals surface area (Å²) >= 11 is 0. The summed E-state index contributed by atoms with van der Waals surface area (Å²) in [4.78, 5) is 36.8. The number of aliphatic hydroxyl groups is 3. The fourth-order valence-corrected chi connectivity index (χ4v) is 17.5. The molecule has 3 aliphatic heterocycles. The predicted molar refractivity (Wildman–Crippen MR) is 451 cm³/mol. The van der Waals surface area contributed by atoms with Gasteiger partial charge < -0.3 is 45.0 Å². The van der Waals surface area contributed by atoms with Crippen molar-refractivity contribution in [1.29, 1.82) is 0 Å². The number of piperidine rings is 3. The van der Waals surface area contributed by atoms with Crippen LogP contribution in [0.2, 0.25) is 0 Å². The Balaban J connectivity index is 0.000000170. The number of nitrogens with one attached hydrogen (secondary N) is 3. The van der Waals surface area contributed by atoms with E-state index in [0.717, 1.165) is 168 Å². The van der Waals surface area contributed by atoms with Crippen molar-refractivity contribution in [1.82, 2.24) is 58.3 Å². The zero-order valence-electron chi connectivity index (χ0n) is 64.3. The number of anilines is 3. The summed E-state index contributed by atoms with van der Waals surface area (Å²) in [6.07, 6.45) is 42.1. The number of likely N-dealkylation sites (tertiary alicyclic amines) is 3. The van der Waals surface area contributed by atoms with Crippen LogP contribution in [0.1, 0.15) is 272 Å². The molecule has 3 atom stereocenters. The molecule has 3 aromatic carbocycles. The molecule has 3 aliphatic carbocycles. The third-order valence-corrected chi connectivity index (χ3v) is 23.5. The molecule has 6 aliphatic rings. The Labute approximate surface area is 647 Å². The van der Waals surface area contributed by atoms with E-state index in [1.54, 1.807) is 0 Å². The first-order valence-corrected chi connectivity index (χ1v) is 41.2. The van der Waals surface area contributed by atoms with Gasteiger partial charge in [0.1, 0.15) is 16.9 Å². The molecular formula is C90H135N15O3. The lowest BCUT2D eigenvalue weighted by Crippen LogP contribution is -2.28. The van der Waals surface area contributed by atoms with Crippen LogP contribution in [0.25, 0.3) is 66.5 Å². The number of hydrogen-bond acceptors (Lipinski definition) is 15. The fraction of sp³-hybridized carbons (Fsp3) is 0.600. The SMILES string of the molecule is C.C.C.CCCC(C)Nc1ncc2c(-c3ccc(CN4CCCCC4)cc3)cn(C3CCC(O)CC3)c2n1.CCC[C@@H](C)Nc1ncc2c(-c3ccc(CN4CCCCC4)cc3)cn(C3CCC(O)CC3)c2n1.CCC[C@H](C)Nc1ncc2c(-c3ccc(CN4CCCCC4)cc3)cn(C3CCC(O)CC3)c2n1. The van der Waals surface area contributed by atoms with Gasteiger partial charge in [0.2, 0.25) is 17.8 Å². The van der Waals surface area contributed by atoms with E-state index in [4.69, 9.17) is 29.9 Å². The normalized spacial score (nSPS) is 21.8. The standard InChI is InChI=1S/3C29H41N5O.3CH4/c3*1-3-7-21(2)31-29-30-18-26-27(20-34(28(26)32-29)24-12-14-25(35)15-13-24)23-10-8-22(9-11-23)19-33-16-5-4-6-17-33;;;/h3*8-11,18,20-21,24-25,35H,3-7,12-17,19H2,1-2H3,(H,30,31,32);3*1H4/t2*21-,24?,25?;;;;/m10..../s1. The number of hydrogen-bond donors (Lipinski definition) is 6. The van der Waals surface area contributed by atoms with Crippen molar-refractivity contribution >= 4 is 50.9 Å². The zero-order valence-corrected chi connectivity index (χ0v) is 64.3. The Hall–Kier alpha value is -7.32. The van der Waals surface area contributed by atoms with Gasteiger partial charge in [-0.1, -0.05) is 154 Å². The molecule has 0 spiro atoms. The van der Waals surface area contributed by atoms with E-state index in [1.807, 2.05) is 18.6 Å². The summed E-state index contributed by atoms with van der Waals surface area (Å²) < 4.78 is 7.07. The summed E-state index contributed by atoms with van der Waals surface area (Å²) in [5, 5.41) is 44.0. The van der Waals surface area contributed by atoms with Crippen LogP contribution in [-0.2, 0) is 19.6 Å². The minimum Gasteiger partial charge on any atom is -0.393 e. The zero-order chi connectivity index (χ0) is 72.6. The summed E-state index contributed by atoms with van der Waals surface area (Å²) in [6, 6.07) is 29.4. The Morgan fingerprint density at radius 3 is 0.824 bits per heavy atom. The molecule has 6 aromatic heterocycles. The second kappa shape index (κ2) is 40.6. The first-order valence-electron chi connectivity index (χ1n) is 41.2. The third kappa shape index (κ3) is 21.6. The Morgan fingerprint density at radius 2 is 0.593 bits per heavy atom. The molecule has 108 heavy (non-hydrogen) atoms. The number of fused-ring (bicyclic) bond motifs is 3. The molecule has 9 heterocycles. The highest BCUT2D eigenvalue weighted by molar-refractivity contribution is 5.96. The van der Waals surface area contributed by atoms with E-state index in [-0.39, 0.29) is 40.6 Å². The fourth-order valence-electron chi connectivity index (χ4n) is 17.5. The van der Waals surface area contributed by atoms with Gasteiger partial charge in [0.15, 0.2) is 0 Å². The van der Waals surface area contributed by atoms with Crippen molar-refractivity contribution in [2.45, 2.75) is 311 Å². The van der Waals surface area contributed by atoms with Gasteiger partial charge in [-0.3, -0.25) is 14.7 Å². The monoisotopic (exact) mass is 1470 g/mol. The summed E-state index contributed by atoms with van der Waals surface area (Å²) in [5.74, 6) is 2.12. The smallest absolute Gasteiger partial charge is 0.224 e. The van der Waals surface area contributed by atoms with Gasteiger partial charge in [-0.2, -0.15) is 15.0 Å². The molecule has 3 saturated carbocycles. The average Bonchev–Trinajstić information content (AvgIpc) is 1.63. The first-order chi connectivity index (χ1) is 51.3. The van der Waals surface area contributed by atoms with Gasteiger partial charge >= 0.3 is 0 Å². The third-order valence-electron chi connectivity index (χ3n) is 23.5. The van der Waals surface area contributed by atoms with Gasteiger partial charge in [0, 0.05) is 126 Å². The quantitative estimate of drug-likeness (QED) is 0.0334. The maximum atomic E-state index is 10.1. The minimum absolute atomic E-state index is 0. The molecule has 6 N–H and O–H groups in total. The van der Waals surface area contributed by atoms with E-state index < -0.39 is 0 Å². The number of benzene rings is 3. The van der Waals surface area contributed by atoms with Crippen LogP contribution in [0.5, 0.6) is 0 Å². The molecule has 18 nitrogen and oxygen atoms in total. The van der Waals surface area contributed by atoms with Crippen molar-refractivity contribution in [2.75, 3.05) is 55.2 Å². The van der Waals surface area contributed by atoms with Crippen LogP contribution in [0.3, 0.4) is 0 Å². The van der Waals surface area contributed by atoms with Crippen molar-refractivity contribution < 1.29 is 15.3 Å². The molecule has 3 saturated heterocycles. The second-order valence-corrected chi connectivity index (χ2v) is 32.1. The Kier molecular flexibility index (Phi) is 31.2. The maximum absolute atomic E-state index is 10.1. The molecular weight excluding hydrogens is 1340 g/mol. The van der Waals surface area contributed by atoms with Crippen molar-refractivity contribution in [3.05, 3.63) is 127 Å². The van der Waals surface area contributed by atoms with Crippen molar-refractivity contribution in [3.8, 4) is 33.4 Å².